The van der Waals surface area contributed by atoms with Gasteiger partial charge in [-0.2, -0.15) is 0 Å². The van der Waals surface area contributed by atoms with Crippen molar-refractivity contribution in [3.63, 3.8) is 0 Å². The van der Waals surface area contributed by atoms with Gasteiger partial charge in [-0.3, -0.25) is 4.98 Å². The summed E-state index contributed by atoms with van der Waals surface area (Å²) in [6.45, 7) is 9.79. The number of hydrogen-bond acceptors (Lipinski definition) is 8. The van der Waals surface area contributed by atoms with Crippen molar-refractivity contribution in [2.45, 2.75) is 46.2 Å². The van der Waals surface area contributed by atoms with Gasteiger partial charge >= 0.3 is 5.97 Å². The number of rotatable bonds is 10. The molecular formula is C26H35N5O4. The lowest BCUT2D eigenvalue weighted by molar-refractivity contribution is -0.148. The third-order valence-corrected chi connectivity index (χ3v) is 6.38. The molecule has 9 nitrogen and oxygen atoms in total. The number of carbonyl (C=O) groups is 1. The molecule has 1 saturated heterocycles. The highest BCUT2D eigenvalue weighted by molar-refractivity contribution is 5.82. The molecule has 1 aliphatic rings. The van der Waals surface area contributed by atoms with E-state index < -0.39 is 0 Å². The van der Waals surface area contributed by atoms with Crippen LogP contribution in [-0.2, 0) is 20.8 Å². The van der Waals surface area contributed by atoms with Crippen LogP contribution in [-0.4, -0.2) is 76.0 Å². The van der Waals surface area contributed by atoms with Gasteiger partial charge in [-0.15, -0.1) is 0 Å². The van der Waals surface area contributed by atoms with Crippen LogP contribution in [0.25, 0.3) is 11.0 Å². The number of aromatic nitrogens is 3. The minimum absolute atomic E-state index is 0.00679. The fourth-order valence-corrected chi connectivity index (χ4v) is 4.46. The van der Waals surface area contributed by atoms with E-state index in [4.69, 9.17) is 14.5 Å². The fraction of sp³-hybridized carbons (Fsp3) is 0.500. The minimum Gasteiger partial charge on any atom is -0.506 e. The van der Waals surface area contributed by atoms with Crippen LogP contribution in [0.1, 0.15) is 36.7 Å². The number of para-hydroxylation sites is 1. The first-order chi connectivity index (χ1) is 16.9. The van der Waals surface area contributed by atoms with Crippen LogP contribution in [0.15, 0.2) is 30.3 Å². The number of nitrogens with zero attached hydrogens (tertiary/aromatic N) is 4. The summed E-state index contributed by atoms with van der Waals surface area (Å²) in [5.41, 5.74) is 4.59. The van der Waals surface area contributed by atoms with E-state index in [-0.39, 0.29) is 18.3 Å². The number of aryl methyl sites for hydroxylation is 2. The molecule has 4 rings (SSSR count). The SMILES string of the molecule is CCOC(=O)COCCN1CCC(Nc2nc3c(C)cccc3n2Cc2nc(C)ccc2O)CC1. The van der Waals surface area contributed by atoms with Crippen LogP contribution >= 0.6 is 0 Å². The standard InChI is InChI=1S/C26H35N5O4/c1-4-35-24(33)17-34-15-14-30-12-10-20(11-13-30)28-26-29-25-18(2)6-5-7-22(25)31(26)16-21-23(32)9-8-19(3)27-21/h5-9,20,32H,4,10-17H2,1-3H3,(H,28,29). The van der Waals surface area contributed by atoms with Gasteiger partial charge in [0.2, 0.25) is 5.95 Å². The molecule has 0 unspecified atom stereocenters. The normalized spacial score (nSPS) is 14.9. The second kappa shape index (κ2) is 11.5. The third-order valence-electron chi connectivity index (χ3n) is 6.38. The van der Waals surface area contributed by atoms with Crippen molar-refractivity contribution in [3.05, 3.63) is 47.3 Å². The van der Waals surface area contributed by atoms with Crippen molar-refractivity contribution in [2.75, 3.05) is 44.8 Å². The Hall–Kier alpha value is -3.17. The number of likely N-dealkylation sites (tertiary alicyclic amines) is 1. The molecule has 1 aromatic carbocycles. The highest BCUT2D eigenvalue weighted by atomic mass is 16.6. The van der Waals surface area contributed by atoms with Gasteiger partial charge < -0.3 is 29.4 Å². The molecule has 1 aliphatic heterocycles. The van der Waals surface area contributed by atoms with Gasteiger partial charge in [-0.1, -0.05) is 12.1 Å². The molecule has 0 atom stereocenters. The Kier molecular flexibility index (Phi) is 8.20. The number of anilines is 1. The molecule has 188 valence electrons. The average molecular weight is 482 g/mol. The van der Waals surface area contributed by atoms with E-state index in [1.807, 2.05) is 19.1 Å². The van der Waals surface area contributed by atoms with E-state index in [1.54, 1.807) is 13.0 Å². The summed E-state index contributed by atoms with van der Waals surface area (Å²) >= 11 is 0. The molecular weight excluding hydrogens is 446 g/mol. The van der Waals surface area contributed by atoms with E-state index >= 15 is 0 Å². The van der Waals surface area contributed by atoms with Gasteiger partial charge in [0.15, 0.2) is 0 Å². The number of piperidine rings is 1. The second-order valence-corrected chi connectivity index (χ2v) is 9.00. The number of pyridine rings is 1. The van der Waals surface area contributed by atoms with Gasteiger partial charge in [0.05, 0.1) is 30.8 Å². The number of ether oxygens (including phenoxy) is 2. The summed E-state index contributed by atoms with van der Waals surface area (Å²) in [7, 11) is 0. The molecule has 9 heteroatoms. The van der Waals surface area contributed by atoms with Gasteiger partial charge in [0.1, 0.15) is 18.1 Å². The summed E-state index contributed by atoms with van der Waals surface area (Å²) in [6.07, 6.45) is 1.96. The van der Waals surface area contributed by atoms with Crippen LogP contribution in [0.2, 0.25) is 0 Å². The minimum atomic E-state index is -0.317. The summed E-state index contributed by atoms with van der Waals surface area (Å²) < 4.78 is 12.4. The number of aromatic hydroxyl groups is 1. The molecule has 35 heavy (non-hydrogen) atoms. The predicted octanol–water partition coefficient (Wildman–Crippen LogP) is 3.26. The molecule has 0 radical (unpaired) electrons. The van der Waals surface area contributed by atoms with E-state index in [0.29, 0.717) is 31.5 Å². The largest absolute Gasteiger partial charge is 0.506 e. The zero-order valence-electron chi connectivity index (χ0n) is 20.8. The van der Waals surface area contributed by atoms with Crippen molar-refractivity contribution in [3.8, 4) is 5.75 Å². The van der Waals surface area contributed by atoms with Crippen molar-refractivity contribution in [1.29, 1.82) is 0 Å². The van der Waals surface area contributed by atoms with E-state index in [9.17, 15) is 9.90 Å². The van der Waals surface area contributed by atoms with Gasteiger partial charge in [-0.25, -0.2) is 9.78 Å². The first-order valence-corrected chi connectivity index (χ1v) is 12.3. The lowest BCUT2D eigenvalue weighted by Crippen LogP contribution is -2.41. The number of esters is 1. The Morgan fingerprint density at radius 3 is 2.74 bits per heavy atom. The maximum atomic E-state index is 11.4. The quantitative estimate of drug-likeness (QED) is 0.336. The lowest BCUT2D eigenvalue weighted by Gasteiger charge is -2.32. The number of hydrogen-bond donors (Lipinski definition) is 2. The summed E-state index contributed by atoms with van der Waals surface area (Å²) in [6, 6.07) is 9.96. The zero-order valence-corrected chi connectivity index (χ0v) is 20.8. The summed E-state index contributed by atoms with van der Waals surface area (Å²) in [4.78, 5) is 23.2. The number of fused-ring (bicyclic) bond motifs is 1. The molecule has 0 aliphatic carbocycles. The van der Waals surface area contributed by atoms with Crippen LogP contribution in [0.5, 0.6) is 5.75 Å². The Labute approximate surface area is 206 Å². The topological polar surface area (TPSA) is 102 Å². The molecule has 3 aromatic rings. The maximum Gasteiger partial charge on any atom is 0.332 e. The summed E-state index contributed by atoms with van der Waals surface area (Å²) in [5, 5.41) is 14.1. The highest BCUT2D eigenvalue weighted by Crippen LogP contribution is 2.27. The van der Waals surface area contributed by atoms with Crippen LogP contribution in [0, 0.1) is 13.8 Å². The van der Waals surface area contributed by atoms with E-state index in [1.165, 1.54) is 0 Å². The second-order valence-electron chi connectivity index (χ2n) is 9.00. The fourth-order valence-electron chi connectivity index (χ4n) is 4.46. The Morgan fingerprint density at radius 1 is 1.17 bits per heavy atom. The van der Waals surface area contributed by atoms with Crippen LogP contribution in [0.3, 0.4) is 0 Å². The summed E-state index contributed by atoms with van der Waals surface area (Å²) in [5.74, 6) is 0.672. The number of carbonyl (C=O) groups excluding carboxylic acids is 1. The zero-order chi connectivity index (χ0) is 24.8. The predicted molar refractivity (Wildman–Crippen MR) is 135 cm³/mol. The van der Waals surface area contributed by atoms with Crippen molar-refractivity contribution in [2.24, 2.45) is 0 Å². The smallest absolute Gasteiger partial charge is 0.332 e. The lowest BCUT2D eigenvalue weighted by atomic mass is 10.1. The molecule has 3 heterocycles. The molecule has 2 N–H and O–H groups in total. The third kappa shape index (κ3) is 6.29. The van der Waals surface area contributed by atoms with Gasteiger partial charge in [0, 0.05) is 31.4 Å². The van der Waals surface area contributed by atoms with Crippen molar-refractivity contribution < 1.29 is 19.4 Å². The average Bonchev–Trinajstić information content (AvgIpc) is 3.18. The molecule has 0 spiro atoms. The molecule has 1 fully saturated rings. The van der Waals surface area contributed by atoms with Crippen molar-refractivity contribution in [1.82, 2.24) is 19.4 Å². The Morgan fingerprint density at radius 2 is 1.97 bits per heavy atom. The number of nitrogens with one attached hydrogen (secondary N) is 1. The highest BCUT2D eigenvalue weighted by Gasteiger charge is 2.22. The first kappa shape index (κ1) is 24.9. The first-order valence-electron chi connectivity index (χ1n) is 12.3. The van der Waals surface area contributed by atoms with Crippen LogP contribution < -0.4 is 5.32 Å². The van der Waals surface area contributed by atoms with Crippen molar-refractivity contribution >= 4 is 23.0 Å². The molecule has 0 saturated carbocycles. The van der Waals surface area contributed by atoms with Gasteiger partial charge in [-0.05, 0) is 57.4 Å². The molecule has 2 aromatic heterocycles. The molecule has 0 bridgehead atoms. The monoisotopic (exact) mass is 481 g/mol. The van der Waals surface area contributed by atoms with Gasteiger partial charge in [0.25, 0.3) is 0 Å². The number of imidazole rings is 1. The van der Waals surface area contributed by atoms with Crippen LogP contribution in [0.4, 0.5) is 5.95 Å². The van der Waals surface area contributed by atoms with E-state index in [2.05, 4.69) is 38.8 Å². The molecule has 0 amide bonds. The maximum absolute atomic E-state index is 11.4. The Bertz CT molecular complexity index is 1150. The number of benzene rings is 1. The van der Waals surface area contributed by atoms with E-state index in [0.717, 1.165) is 60.7 Å². The Balaban J connectivity index is 1.40.